The third-order valence-electron chi connectivity index (χ3n) is 2.54. The number of rotatable bonds is 1. The Morgan fingerprint density at radius 3 is 2.76 bits per heavy atom. The second-order valence-corrected chi connectivity index (χ2v) is 4.97. The maximum atomic E-state index is 5.91. The average molecular weight is 272 g/mol. The van der Waals surface area contributed by atoms with Crippen molar-refractivity contribution in [3.63, 3.8) is 0 Å². The lowest BCUT2D eigenvalue weighted by molar-refractivity contribution is 0.122. The van der Waals surface area contributed by atoms with Crippen LogP contribution in [0.5, 0.6) is 0 Å². The highest BCUT2D eigenvalue weighted by molar-refractivity contribution is 7.21. The average Bonchev–Trinajstić information content (AvgIpc) is 2.69. The molecule has 0 aliphatic carbocycles. The van der Waals surface area contributed by atoms with Crippen LogP contribution in [-0.4, -0.2) is 41.3 Å². The molecule has 17 heavy (non-hydrogen) atoms. The van der Waals surface area contributed by atoms with Crippen molar-refractivity contribution in [1.82, 2.24) is 15.0 Å². The van der Waals surface area contributed by atoms with Crippen molar-refractivity contribution < 1.29 is 4.74 Å². The number of nitrogens with zero attached hydrogens (tertiary/aromatic N) is 4. The molecule has 0 spiro atoms. The summed E-state index contributed by atoms with van der Waals surface area (Å²) in [7, 11) is 0. The maximum absolute atomic E-state index is 5.91. The molecule has 0 bridgehead atoms. The zero-order valence-corrected chi connectivity index (χ0v) is 10.5. The molecule has 0 aromatic carbocycles. The monoisotopic (exact) mass is 271 g/mol. The molecule has 2 aromatic heterocycles. The van der Waals surface area contributed by atoms with E-state index in [1.54, 1.807) is 0 Å². The number of nitrogens with two attached hydrogens (primary N) is 1. The zero-order chi connectivity index (χ0) is 11.8. The first-order chi connectivity index (χ1) is 8.24. The molecule has 6 nitrogen and oxygen atoms in total. The standard InChI is InChI=1S/C9H10ClN5OS/c10-8-13-6(15-1-3-16-4-2-15)5-7(14-8)17-9(11)12-5/h1-4H2,(H2,11,12). The van der Waals surface area contributed by atoms with Crippen molar-refractivity contribution in [2.45, 2.75) is 0 Å². The summed E-state index contributed by atoms with van der Waals surface area (Å²) in [4.78, 5) is 15.5. The van der Waals surface area contributed by atoms with Gasteiger partial charge in [-0.05, 0) is 11.6 Å². The van der Waals surface area contributed by atoms with E-state index >= 15 is 0 Å². The molecule has 0 amide bonds. The summed E-state index contributed by atoms with van der Waals surface area (Å²) < 4.78 is 5.31. The molecule has 0 unspecified atom stereocenters. The lowest BCUT2D eigenvalue weighted by Gasteiger charge is -2.27. The number of aromatic nitrogens is 3. The molecule has 0 saturated carbocycles. The second-order valence-electron chi connectivity index (χ2n) is 3.62. The van der Waals surface area contributed by atoms with Gasteiger partial charge in [0.15, 0.2) is 15.8 Å². The molecule has 1 saturated heterocycles. The second kappa shape index (κ2) is 4.25. The fourth-order valence-corrected chi connectivity index (χ4v) is 2.71. The maximum Gasteiger partial charge on any atom is 0.225 e. The number of anilines is 2. The molecule has 1 fully saturated rings. The van der Waals surface area contributed by atoms with Crippen molar-refractivity contribution in [3.05, 3.63) is 5.28 Å². The molecule has 3 rings (SSSR count). The van der Waals surface area contributed by atoms with Crippen LogP contribution in [0.4, 0.5) is 10.9 Å². The van der Waals surface area contributed by atoms with Crippen molar-refractivity contribution in [2.24, 2.45) is 0 Å². The molecule has 90 valence electrons. The Bertz CT molecular complexity index is 554. The van der Waals surface area contributed by atoms with Gasteiger partial charge < -0.3 is 15.4 Å². The van der Waals surface area contributed by atoms with Crippen LogP contribution in [0.25, 0.3) is 10.3 Å². The van der Waals surface area contributed by atoms with Crippen LogP contribution in [0, 0.1) is 0 Å². The van der Waals surface area contributed by atoms with E-state index in [1.807, 2.05) is 0 Å². The molecular formula is C9H10ClN5OS. The summed E-state index contributed by atoms with van der Waals surface area (Å²) in [5.41, 5.74) is 6.41. The van der Waals surface area contributed by atoms with Crippen LogP contribution in [0.3, 0.4) is 0 Å². The van der Waals surface area contributed by atoms with E-state index in [0.717, 1.165) is 29.3 Å². The Hall–Kier alpha value is -1.18. The molecule has 3 heterocycles. The van der Waals surface area contributed by atoms with Crippen molar-refractivity contribution in [2.75, 3.05) is 36.9 Å². The highest BCUT2D eigenvalue weighted by atomic mass is 35.5. The van der Waals surface area contributed by atoms with Gasteiger partial charge in [0.2, 0.25) is 5.28 Å². The molecule has 0 radical (unpaired) electrons. The summed E-state index contributed by atoms with van der Waals surface area (Å²) in [5.74, 6) is 0.747. The Morgan fingerprint density at radius 1 is 1.24 bits per heavy atom. The number of fused-ring (bicyclic) bond motifs is 1. The highest BCUT2D eigenvalue weighted by Crippen LogP contribution is 2.30. The third-order valence-corrected chi connectivity index (χ3v) is 3.49. The predicted molar refractivity (Wildman–Crippen MR) is 67.7 cm³/mol. The van der Waals surface area contributed by atoms with Gasteiger partial charge in [-0.2, -0.15) is 4.98 Å². The highest BCUT2D eigenvalue weighted by Gasteiger charge is 2.19. The Labute approximate surface area is 106 Å². The van der Waals surface area contributed by atoms with E-state index in [4.69, 9.17) is 22.1 Å². The molecule has 2 aromatic rings. The van der Waals surface area contributed by atoms with Crippen LogP contribution in [-0.2, 0) is 4.74 Å². The number of hydrogen-bond acceptors (Lipinski definition) is 7. The minimum atomic E-state index is 0.225. The summed E-state index contributed by atoms with van der Waals surface area (Å²) in [5, 5.41) is 0.703. The van der Waals surface area contributed by atoms with E-state index in [1.165, 1.54) is 11.3 Å². The van der Waals surface area contributed by atoms with Crippen LogP contribution in [0.15, 0.2) is 0 Å². The van der Waals surface area contributed by atoms with Gasteiger partial charge in [0.05, 0.1) is 13.2 Å². The number of nitrogen functional groups attached to an aromatic ring is 1. The predicted octanol–water partition coefficient (Wildman–Crippen LogP) is 1.16. The van der Waals surface area contributed by atoms with Gasteiger partial charge >= 0.3 is 0 Å². The number of hydrogen-bond donors (Lipinski definition) is 1. The van der Waals surface area contributed by atoms with Gasteiger partial charge in [0, 0.05) is 13.1 Å². The quantitative estimate of drug-likeness (QED) is 0.785. The smallest absolute Gasteiger partial charge is 0.225 e. The van der Waals surface area contributed by atoms with E-state index in [-0.39, 0.29) is 5.28 Å². The number of morpholine rings is 1. The topological polar surface area (TPSA) is 77.2 Å². The fourth-order valence-electron chi connectivity index (χ4n) is 1.79. The number of ether oxygens (including phenoxy) is 1. The Kier molecular flexibility index (Phi) is 2.73. The molecular weight excluding hydrogens is 262 g/mol. The Balaban J connectivity index is 2.12. The number of thiazole rings is 1. The van der Waals surface area contributed by atoms with Gasteiger partial charge in [-0.25, -0.2) is 9.97 Å². The third kappa shape index (κ3) is 2.01. The normalized spacial score (nSPS) is 16.6. The van der Waals surface area contributed by atoms with Crippen molar-refractivity contribution in [1.29, 1.82) is 0 Å². The fraction of sp³-hybridized carbons (Fsp3) is 0.444. The van der Waals surface area contributed by atoms with Crippen LogP contribution < -0.4 is 10.6 Å². The molecule has 0 atom stereocenters. The summed E-state index contributed by atoms with van der Waals surface area (Å²) in [6.45, 7) is 2.92. The van der Waals surface area contributed by atoms with Gasteiger partial charge in [-0.3, -0.25) is 0 Å². The van der Waals surface area contributed by atoms with Crippen LogP contribution >= 0.6 is 22.9 Å². The SMILES string of the molecule is Nc1nc2c(N3CCOCC3)nc(Cl)nc2s1. The molecule has 1 aliphatic heterocycles. The van der Waals surface area contributed by atoms with Gasteiger partial charge in [0.25, 0.3) is 0 Å². The Morgan fingerprint density at radius 2 is 2.00 bits per heavy atom. The van der Waals surface area contributed by atoms with Gasteiger partial charge in [-0.15, -0.1) is 0 Å². The van der Waals surface area contributed by atoms with E-state index in [9.17, 15) is 0 Å². The number of halogens is 1. The lowest BCUT2D eigenvalue weighted by Crippen LogP contribution is -2.37. The van der Waals surface area contributed by atoms with E-state index in [0.29, 0.717) is 18.3 Å². The molecule has 2 N–H and O–H groups in total. The zero-order valence-electron chi connectivity index (χ0n) is 8.89. The van der Waals surface area contributed by atoms with Crippen LogP contribution in [0.2, 0.25) is 5.28 Å². The molecule has 8 heteroatoms. The lowest BCUT2D eigenvalue weighted by atomic mass is 10.4. The summed E-state index contributed by atoms with van der Waals surface area (Å²) in [6.07, 6.45) is 0. The van der Waals surface area contributed by atoms with Crippen molar-refractivity contribution >= 4 is 44.2 Å². The first kappa shape index (κ1) is 10.9. The van der Waals surface area contributed by atoms with Crippen LogP contribution in [0.1, 0.15) is 0 Å². The van der Waals surface area contributed by atoms with E-state index < -0.39 is 0 Å². The van der Waals surface area contributed by atoms with Crippen molar-refractivity contribution in [3.8, 4) is 0 Å². The first-order valence-electron chi connectivity index (χ1n) is 5.16. The summed E-state index contributed by atoms with van der Waals surface area (Å²) >= 11 is 7.23. The van der Waals surface area contributed by atoms with Gasteiger partial charge in [0.1, 0.15) is 5.52 Å². The minimum absolute atomic E-state index is 0.225. The molecule has 1 aliphatic rings. The van der Waals surface area contributed by atoms with E-state index in [2.05, 4.69) is 19.9 Å². The summed E-state index contributed by atoms with van der Waals surface area (Å²) in [6, 6.07) is 0. The minimum Gasteiger partial charge on any atom is -0.378 e. The van der Waals surface area contributed by atoms with Gasteiger partial charge in [-0.1, -0.05) is 11.3 Å². The first-order valence-corrected chi connectivity index (χ1v) is 6.36. The largest absolute Gasteiger partial charge is 0.378 e.